The lowest BCUT2D eigenvalue weighted by Gasteiger charge is -2.36. The van der Waals surface area contributed by atoms with Gasteiger partial charge in [0, 0.05) is 93.0 Å². The summed E-state index contributed by atoms with van der Waals surface area (Å²) in [7, 11) is 2.90. The predicted molar refractivity (Wildman–Crippen MR) is 569 cm³/mol. The molecular formula is C116H136ClF2N15O14. The molecule has 0 saturated carbocycles. The summed E-state index contributed by atoms with van der Waals surface area (Å²) in [6, 6.07) is 57.8. The summed E-state index contributed by atoms with van der Waals surface area (Å²) >= 11 is 6.28. The molecule has 0 unspecified atom stereocenters. The zero-order chi connectivity index (χ0) is 106. The molecule has 3 aliphatic rings. The molecule has 29 nitrogen and oxygen atoms in total. The van der Waals surface area contributed by atoms with Gasteiger partial charge in [-0.25, -0.2) is 22.8 Å². The fraction of sp³-hybridized carbons (Fsp3) is 0.379. The number of rotatable bonds is 41. The van der Waals surface area contributed by atoms with Crippen molar-refractivity contribution in [2.24, 2.45) is 0 Å². The number of benzene rings is 9. The van der Waals surface area contributed by atoms with Gasteiger partial charge in [-0.05, 0) is 238 Å². The molecule has 0 aliphatic carbocycles. The van der Waals surface area contributed by atoms with Crippen molar-refractivity contribution in [3.8, 4) is 28.6 Å². The van der Waals surface area contributed by atoms with Crippen LogP contribution in [0.1, 0.15) is 248 Å². The molecule has 12 aromatic rings. The highest BCUT2D eigenvalue weighted by atomic mass is 35.5. The van der Waals surface area contributed by atoms with Crippen molar-refractivity contribution in [1.29, 1.82) is 0 Å². The monoisotopic (exact) mass is 2040 g/mol. The number of aromatic nitrogens is 6. The Kier molecular flexibility index (Phi) is 39.8. The number of hydrogen-bond acceptors (Lipinski definition) is 17. The molecule has 0 saturated heterocycles. The Labute approximate surface area is 869 Å². The van der Waals surface area contributed by atoms with Crippen molar-refractivity contribution >= 4 is 81.8 Å². The Morgan fingerprint density at radius 3 is 0.932 bits per heavy atom. The highest BCUT2D eigenvalue weighted by molar-refractivity contribution is 6.32. The first-order valence-electron chi connectivity index (χ1n) is 51.3. The van der Waals surface area contributed by atoms with Gasteiger partial charge in [-0.1, -0.05) is 189 Å². The van der Waals surface area contributed by atoms with Gasteiger partial charge < -0.3 is 70.1 Å². The van der Waals surface area contributed by atoms with E-state index in [1.54, 1.807) is 138 Å². The Hall–Kier alpha value is -14.5. The van der Waals surface area contributed by atoms with E-state index in [4.69, 9.17) is 36.4 Å². The Morgan fingerprint density at radius 2 is 0.649 bits per heavy atom. The van der Waals surface area contributed by atoms with Gasteiger partial charge in [0.25, 0.3) is 35.4 Å². The van der Waals surface area contributed by atoms with Gasteiger partial charge in [0.2, 0.25) is 17.7 Å². The third-order valence-corrected chi connectivity index (χ3v) is 27.3. The van der Waals surface area contributed by atoms with E-state index >= 15 is 0 Å². The summed E-state index contributed by atoms with van der Waals surface area (Å²) in [6.45, 7) is 22.3. The zero-order valence-corrected chi connectivity index (χ0v) is 87.2. The van der Waals surface area contributed by atoms with Crippen molar-refractivity contribution in [3.05, 3.63) is 324 Å². The summed E-state index contributed by atoms with van der Waals surface area (Å²) in [5, 5.41) is 54.3. The predicted octanol–water partition coefficient (Wildman–Crippen LogP) is 18.8. The summed E-state index contributed by atoms with van der Waals surface area (Å²) < 4.78 is 42.7. The number of halogens is 3. The average molecular weight is 2040 g/mol. The molecule has 9 aromatic carbocycles. The zero-order valence-electron chi connectivity index (χ0n) is 86.4. The van der Waals surface area contributed by atoms with Crippen LogP contribution in [-0.4, -0.2) is 219 Å². The maximum Gasteiger partial charge on any atom is 0.274 e. The van der Waals surface area contributed by atoms with Crippen LogP contribution in [0.15, 0.2) is 206 Å². The molecule has 0 fully saturated rings. The SMILES string of the molecule is CCCCN(CCCC)C(=O)c1cc(C)n(-c2ccc(NC(=O)Cc3ccc(F)cc3)cc2C(=O)N2Cc3ccccc3C[C@H]2CO)n1.CCCCN(CCCC)C(=O)c1cc(C)n(-c2ccc(NC(=O)Cc3ccc(OC)c(Cl)c3)cc2C(=O)N2Cc3ccccc3C[C@H]2CO)n1.CCCCN(CCCC)C(=O)c1cc(C)n(-c2ccc(NC(=O)Cc3ccc(OC)c(F)c3)cc2C(=O)N2Cc3ccccc3C[C@H]2CO)n1. The molecule has 3 aromatic heterocycles. The van der Waals surface area contributed by atoms with Crippen LogP contribution in [0.2, 0.25) is 5.02 Å². The standard InChI is InChI=1S/C39H46ClN5O5.C39H46FN5O5.C38H44FN5O4/c2*1-5-7-17-43(18-8-6-2)39(49)34-19-26(3)45(42-34)35-15-14-30(41-37(47)21-27-13-16-36(50-4)33(40)20-27)23-32(35)38(48)44-24-29-12-10-9-11-28(29)22-31(44)25-46;1-4-6-18-42(19-7-5-2)38(48)34-20-26(3)44(41-34)35-17-16-31(40-36(46)21-27-12-14-30(39)15-13-27)23-33(35)37(47)43-24-29-11-9-8-10-28(29)22-32(43)25-45/h2*9-16,19-20,23,31,46H,5-8,17-18,21-22,24-25H2,1-4H3,(H,41,47);8-17,20,23,32,45H,4-7,18-19,21-22,24-25H2,1-3H3,(H,40,46)/t2*31-;32-/m000/s1. The summed E-state index contributed by atoms with van der Waals surface area (Å²) in [6.07, 6.45) is 12.7. The van der Waals surface area contributed by atoms with Crippen molar-refractivity contribution in [2.75, 3.05) is 89.3 Å². The highest BCUT2D eigenvalue weighted by Gasteiger charge is 2.38. The number of hydrogen-bond donors (Lipinski definition) is 6. The molecule has 3 atom stereocenters. The second-order valence-corrected chi connectivity index (χ2v) is 38.3. The lowest BCUT2D eigenvalue weighted by molar-refractivity contribution is -0.116. The minimum atomic E-state index is -0.567. The van der Waals surface area contributed by atoms with E-state index in [-0.39, 0.29) is 120 Å². The van der Waals surface area contributed by atoms with Crippen molar-refractivity contribution in [3.63, 3.8) is 0 Å². The van der Waals surface area contributed by atoms with Crippen LogP contribution in [0.5, 0.6) is 11.5 Å². The Bertz CT molecular complexity index is 6390. The molecule has 148 heavy (non-hydrogen) atoms. The molecule has 0 spiro atoms. The minimum absolute atomic E-state index is 0.0249. The number of carbonyl (C=O) groups is 9. The lowest BCUT2D eigenvalue weighted by atomic mass is 9.93. The van der Waals surface area contributed by atoms with E-state index in [2.05, 4.69) is 57.5 Å². The molecule has 9 amide bonds. The van der Waals surface area contributed by atoms with E-state index in [0.29, 0.717) is 168 Å². The number of methoxy groups -OCH3 is 2. The fourth-order valence-electron chi connectivity index (χ4n) is 18.7. The number of amides is 9. The van der Waals surface area contributed by atoms with Crippen LogP contribution in [0, 0.1) is 32.4 Å². The van der Waals surface area contributed by atoms with Gasteiger partial charge in [-0.15, -0.1) is 0 Å². The first kappa shape index (κ1) is 111. The van der Waals surface area contributed by atoms with Gasteiger partial charge >= 0.3 is 0 Å². The van der Waals surface area contributed by atoms with Crippen LogP contribution in [0.25, 0.3) is 17.1 Å². The van der Waals surface area contributed by atoms with Gasteiger partial charge in [0.15, 0.2) is 28.6 Å². The number of anilines is 3. The number of carbonyl (C=O) groups excluding carboxylic acids is 9. The molecular weight excluding hydrogens is 1900 g/mol. The average Bonchev–Trinajstić information content (AvgIpc) is 1.75. The van der Waals surface area contributed by atoms with Crippen LogP contribution in [-0.2, 0) is 72.5 Å². The smallest absolute Gasteiger partial charge is 0.274 e. The van der Waals surface area contributed by atoms with E-state index in [9.17, 15) is 67.3 Å². The highest BCUT2D eigenvalue weighted by Crippen LogP contribution is 2.36. The van der Waals surface area contributed by atoms with Gasteiger partial charge in [-0.2, -0.15) is 15.3 Å². The van der Waals surface area contributed by atoms with Crippen molar-refractivity contribution < 1.29 is 76.7 Å². The number of aliphatic hydroxyl groups is 3. The second-order valence-electron chi connectivity index (χ2n) is 37.9. The van der Waals surface area contributed by atoms with Gasteiger partial charge in [0.05, 0.1) is 110 Å². The van der Waals surface area contributed by atoms with Crippen molar-refractivity contribution in [1.82, 2.24) is 58.7 Å². The number of nitrogens with zero attached hydrogens (tertiary/aromatic N) is 12. The van der Waals surface area contributed by atoms with Crippen LogP contribution < -0.4 is 25.4 Å². The van der Waals surface area contributed by atoms with E-state index in [1.165, 1.54) is 38.5 Å². The number of unbranched alkanes of at least 4 members (excludes halogenated alkanes) is 6. The number of ether oxygens (including phenoxy) is 2. The molecule has 32 heteroatoms. The topological polar surface area (TPSA) is 342 Å². The quantitative estimate of drug-likeness (QED) is 0.0207. The molecule has 0 bridgehead atoms. The minimum Gasteiger partial charge on any atom is -0.495 e. The maximum absolute atomic E-state index is 14.6. The first-order valence-corrected chi connectivity index (χ1v) is 51.7. The molecule has 15 rings (SSSR count). The first-order chi connectivity index (χ1) is 71.5. The Morgan fingerprint density at radius 1 is 0.365 bits per heavy atom. The lowest BCUT2D eigenvalue weighted by Crippen LogP contribution is -2.46. The Balaban J connectivity index is 0.000000185. The fourth-order valence-corrected chi connectivity index (χ4v) is 19.0. The van der Waals surface area contributed by atoms with Crippen LogP contribution >= 0.6 is 11.6 Å². The van der Waals surface area contributed by atoms with Gasteiger partial charge in [-0.3, -0.25) is 43.2 Å². The van der Waals surface area contributed by atoms with E-state index in [1.807, 2.05) is 108 Å². The maximum atomic E-state index is 14.6. The summed E-state index contributed by atoms with van der Waals surface area (Å²) in [5.41, 5.74) is 14.3. The molecule has 3 aliphatic heterocycles. The number of aryl methyl sites for hydroxylation is 3. The number of fused-ring (bicyclic) bond motifs is 3. The van der Waals surface area contributed by atoms with Gasteiger partial charge in [0.1, 0.15) is 11.6 Å². The third kappa shape index (κ3) is 27.9. The molecule has 6 N–H and O–H groups in total. The van der Waals surface area contributed by atoms with E-state index < -0.39 is 29.8 Å². The molecule has 6 heterocycles. The largest absolute Gasteiger partial charge is 0.495 e. The number of aliphatic hydroxyl groups excluding tert-OH is 3. The summed E-state index contributed by atoms with van der Waals surface area (Å²) in [5.74, 6) is -2.81. The second kappa shape index (κ2) is 53.2. The van der Waals surface area contributed by atoms with E-state index in [0.717, 1.165) is 110 Å². The molecule has 780 valence electrons. The van der Waals surface area contributed by atoms with Crippen molar-refractivity contribution in [2.45, 2.75) is 216 Å². The number of nitrogens with one attached hydrogen (secondary N) is 3. The summed E-state index contributed by atoms with van der Waals surface area (Å²) in [4.78, 5) is 134. The van der Waals surface area contributed by atoms with Crippen LogP contribution in [0.3, 0.4) is 0 Å². The third-order valence-electron chi connectivity index (χ3n) is 27.0. The normalized spacial score (nSPS) is 13.9. The van der Waals surface area contributed by atoms with Crippen LogP contribution in [0.4, 0.5) is 25.8 Å². The molecule has 0 radical (unpaired) electrons.